The number of nitrogens with one attached hydrogen (secondary N) is 1. The Kier molecular flexibility index (Phi) is 6.37. The summed E-state index contributed by atoms with van der Waals surface area (Å²) in [5.41, 5.74) is 0. The Labute approximate surface area is 109 Å². The minimum absolute atomic E-state index is 0. The molecule has 0 aromatic heterocycles. The van der Waals surface area contributed by atoms with Crippen molar-refractivity contribution in [2.45, 2.75) is 13.0 Å². The maximum absolute atomic E-state index is 11.9. The molecule has 104 valence electrons. The third-order valence-electron chi connectivity index (χ3n) is 2.51. The Bertz CT molecular complexity index is 434. The van der Waals surface area contributed by atoms with Gasteiger partial charge in [0.25, 0.3) is 0 Å². The molecule has 0 aliphatic carbocycles. The highest BCUT2D eigenvalue weighted by atomic mass is 35.5. The van der Waals surface area contributed by atoms with Crippen LogP contribution in [0.25, 0.3) is 0 Å². The second kappa shape index (κ2) is 6.33. The highest BCUT2D eigenvalue weighted by Gasteiger charge is 2.29. The molecule has 0 saturated carbocycles. The Balaban J connectivity index is 0.00000256. The van der Waals surface area contributed by atoms with Crippen molar-refractivity contribution in [3.05, 3.63) is 0 Å². The summed E-state index contributed by atoms with van der Waals surface area (Å²) in [6.45, 7) is 3.44. The summed E-state index contributed by atoms with van der Waals surface area (Å²) < 4.78 is 47.0. The number of sulfone groups is 1. The lowest BCUT2D eigenvalue weighted by atomic mass is 10.3. The average Bonchev–Trinajstić information content (AvgIpc) is 2.14. The molecule has 0 aromatic carbocycles. The maximum atomic E-state index is 11.9. The molecule has 1 rings (SSSR count). The van der Waals surface area contributed by atoms with Crippen LogP contribution in [-0.2, 0) is 19.9 Å². The molecule has 1 N–H and O–H groups in total. The molecule has 1 aliphatic heterocycles. The molecule has 0 bridgehead atoms. The van der Waals surface area contributed by atoms with Gasteiger partial charge in [-0.05, 0) is 6.92 Å². The quantitative estimate of drug-likeness (QED) is 0.726. The van der Waals surface area contributed by atoms with Crippen molar-refractivity contribution in [2.24, 2.45) is 0 Å². The number of nitrogens with zero attached hydrogens (tertiary/aromatic N) is 1. The third-order valence-corrected chi connectivity index (χ3v) is 5.69. The lowest BCUT2D eigenvalue weighted by Crippen LogP contribution is -2.53. The van der Waals surface area contributed by atoms with Crippen LogP contribution >= 0.6 is 12.4 Å². The Morgan fingerprint density at radius 3 is 2.29 bits per heavy atom. The number of hydrogen-bond donors (Lipinski definition) is 1. The zero-order valence-electron chi connectivity index (χ0n) is 9.92. The van der Waals surface area contributed by atoms with E-state index in [4.69, 9.17) is 0 Å². The fourth-order valence-electron chi connectivity index (χ4n) is 1.61. The van der Waals surface area contributed by atoms with E-state index in [1.54, 1.807) is 0 Å². The summed E-state index contributed by atoms with van der Waals surface area (Å²) in [7, 11) is -6.69. The van der Waals surface area contributed by atoms with Crippen LogP contribution in [0.1, 0.15) is 6.92 Å². The largest absolute Gasteiger partial charge is 0.314 e. The Morgan fingerprint density at radius 2 is 1.82 bits per heavy atom. The summed E-state index contributed by atoms with van der Waals surface area (Å²) in [6, 6.07) is -0.113. The van der Waals surface area contributed by atoms with Gasteiger partial charge in [-0.3, -0.25) is 0 Å². The van der Waals surface area contributed by atoms with Gasteiger partial charge in [-0.2, -0.15) is 4.31 Å². The normalized spacial score (nSPS) is 23.1. The van der Waals surface area contributed by atoms with E-state index in [0.29, 0.717) is 19.6 Å². The van der Waals surface area contributed by atoms with Crippen LogP contribution in [0.2, 0.25) is 0 Å². The van der Waals surface area contributed by atoms with E-state index in [2.05, 4.69) is 5.32 Å². The summed E-state index contributed by atoms with van der Waals surface area (Å²) >= 11 is 0. The van der Waals surface area contributed by atoms with Crippen molar-refractivity contribution in [1.29, 1.82) is 0 Å². The Morgan fingerprint density at radius 1 is 1.24 bits per heavy atom. The van der Waals surface area contributed by atoms with Gasteiger partial charge in [0.1, 0.15) is 9.84 Å². The standard InChI is InChI=1S/C8H18N2O4S2.ClH/c1-8-7-9-3-4-10(8)16(13,14)6-5-15(2,11)12;/h8-9H,3-7H2,1-2H3;1H/t8-;/m0./s1. The first kappa shape index (κ1) is 17.1. The van der Waals surface area contributed by atoms with E-state index in [0.717, 1.165) is 6.26 Å². The highest BCUT2D eigenvalue weighted by molar-refractivity contribution is 7.93. The molecular weight excluding hydrogens is 288 g/mol. The van der Waals surface area contributed by atoms with Crippen LogP contribution < -0.4 is 5.32 Å². The molecule has 1 saturated heterocycles. The maximum Gasteiger partial charge on any atom is 0.215 e. The third kappa shape index (κ3) is 5.52. The van der Waals surface area contributed by atoms with Crippen LogP contribution in [0.5, 0.6) is 0 Å². The number of halogens is 1. The van der Waals surface area contributed by atoms with Crippen molar-refractivity contribution in [3.8, 4) is 0 Å². The van der Waals surface area contributed by atoms with Gasteiger partial charge in [0, 0.05) is 31.9 Å². The van der Waals surface area contributed by atoms with Gasteiger partial charge in [0.05, 0.1) is 11.5 Å². The van der Waals surface area contributed by atoms with E-state index < -0.39 is 19.9 Å². The van der Waals surface area contributed by atoms with Crippen molar-refractivity contribution >= 4 is 32.3 Å². The molecule has 1 atom stereocenters. The number of piperazine rings is 1. The van der Waals surface area contributed by atoms with E-state index in [1.807, 2.05) is 6.92 Å². The van der Waals surface area contributed by atoms with Crippen molar-refractivity contribution < 1.29 is 16.8 Å². The molecule has 0 unspecified atom stereocenters. The molecule has 0 radical (unpaired) electrons. The summed E-state index contributed by atoms with van der Waals surface area (Å²) in [5, 5.41) is 3.08. The van der Waals surface area contributed by atoms with Gasteiger partial charge in [0.2, 0.25) is 10.0 Å². The lowest BCUT2D eigenvalue weighted by molar-refractivity contribution is 0.284. The first-order valence-corrected chi connectivity index (χ1v) is 8.77. The zero-order chi connectivity index (χ0) is 12.4. The molecule has 0 spiro atoms. The monoisotopic (exact) mass is 306 g/mol. The molecule has 0 aromatic rings. The minimum Gasteiger partial charge on any atom is -0.314 e. The second-order valence-corrected chi connectivity index (χ2v) is 8.41. The average molecular weight is 307 g/mol. The second-order valence-electron chi connectivity index (χ2n) is 4.11. The van der Waals surface area contributed by atoms with Gasteiger partial charge in [-0.25, -0.2) is 16.8 Å². The van der Waals surface area contributed by atoms with E-state index >= 15 is 0 Å². The number of sulfonamides is 1. The number of hydrogen-bond acceptors (Lipinski definition) is 5. The fourth-order valence-corrected chi connectivity index (χ4v) is 4.89. The Hall–Kier alpha value is 0.110. The minimum atomic E-state index is -3.45. The molecule has 17 heavy (non-hydrogen) atoms. The number of rotatable bonds is 4. The zero-order valence-corrected chi connectivity index (χ0v) is 12.4. The van der Waals surface area contributed by atoms with Crippen molar-refractivity contribution in [2.75, 3.05) is 37.4 Å². The molecule has 9 heteroatoms. The predicted molar refractivity (Wildman–Crippen MR) is 69.8 cm³/mol. The van der Waals surface area contributed by atoms with Gasteiger partial charge in [-0.1, -0.05) is 0 Å². The lowest BCUT2D eigenvalue weighted by Gasteiger charge is -2.32. The predicted octanol–water partition coefficient (Wildman–Crippen LogP) is -0.924. The molecule has 1 aliphatic rings. The van der Waals surface area contributed by atoms with Gasteiger partial charge < -0.3 is 5.32 Å². The van der Waals surface area contributed by atoms with E-state index in [1.165, 1.54) is 4.31 Å². The van der Waals surface area contributed by atoms with Crippen LogP contribution in [-0.4, -0.2) is 64.6 Å². The topological polar surface area (TPSA) is 83.6 Å². The van der Waals surface area contributed by atoms with Crippen LogP contribution in [0, 0.1) is 0 Å². The van der Waals surface area contributed by atoms with Crippen molar-refractivity contribution in [1.82, 2.24) is 9.62 Å². The first-order valence-electron chi connectivity index (χ1n) is 5.10. The van der Waals surface area contributed by atoms with Gasteiger partial charge >= 0.3 is 0 Å². The summed E-state index contributed by atoms with van der Waals surface area (Å²) in [6.07, 6.45) is 1.05. The van der Waals surface area contributed by atoms with E-state index in [-0.39, 0.29) is 30.0 Å². The smallest absolute Gasteiger partial charge is 0.215 e. The fraction of sp³-hybridized carbons (Fsp3) is 1.00. The van der Waals surface area contributed by atoms with Gasteiger partial charge in [-0.15, -0.1) is 12.4 Å². The SMILES string of the molecule is C[C@H]1CNCCN1S(=O)(=O)CCS(C)(=O)=O.Cl. The van der Waals surface area contributed by atoms with Crippen LogP contribution in [0.15, 0.2) is 0 Å². The molecule has 1 fully saturated rings. The molecule has 0 amide bonds. The highest BCUT2D eigenvalue weighted by Crippen LogP contribution is 2.10. The van der Waals surface area contributed by atoms with E-state index in [9.17, 15) is 16.8 Å². The first-order chi connectivity index (χ1) is 7.22. The van der Waals surface area contributed by atoms with Crippen molar-refractivity contribution in [3.63, 3.8) is 0 Å². The molecule has 1 heterocycles. The molecular formula is C8H19ClN2O4S2. The van der Waals surface area contributed by atoms with Crippen LogP contribution in [0.3, 0.4) is 0 Å². The summed E-state index contributed by atoms with van der Waals surface area (Å²) in [4.78, 5) is 0. The van der Waals surface area contributed by atoms with Gasteiger partial charge in [0.15, 0.2) is 0 Å². The van der Waals surface area contributed by atoms with Crippen LogP contribution in [0.4, 0.5) is 0 Å². The molecule has 6 nitrogen and oxygen atoms in total. The summed E-state index contributed by atoms with van der Waals surface area (Å²) in [5.74, 6) is -0.637.